The summed E-state index contributed by atoms with van der Waals surface area (Å²) in [4.78, 5) is 11.9. The van der Waals surface area contributed by atoms with E-state index in [-0.39, 0.29) is 27.4 Å². The Hall–Kier alpha value is -7.17. The Balaban J connectivity index is 0.000000290. The molecule has 3 heterocycles. The predicted octanol–water partition coefficient (Wildman–Crippen LogP) is 29.7. The number of halogens is 11. The number of aromatic hydroxyl groups is 1. The van der Waals surface area contributed by atoms with Crippen LogP contribution in [0, 0.1) is 38.5 Å². The Labute approximate surface area is 753 Å². The van der Waals surface area contributed by atoms with Gasteiger partial charge in [-0.1, -0.05) is 201 Å². The van der Waals surface area contributed by atoms with Gasteiger partial charge in [-0.25, -0.2) is 0 Å². The number of rotatable bonds is 11. The quantitative estimate of drug-likeness (QED) is 0.110. The van der Waals surface area contributed by atoms with Gasteiger partial charge in [-0.05, 0) is 48.2 Å². The van der Waals surface area contributed by atoms with Gasteiger partial charge in [0.1, 0.15) is 5.75 Å². The van der Waals surface area contributed by atoms with Crippen molar-refractivity contribution in [3.05, 3.63) is 342 Å². The van der Waals surface area contributed by atoms with Gasteiger partial charge in [-0.2, -0.15) is 61.5 Å². The number of hydrogen-bond acceptors (Lipinski definition) is 6. The van der Waals surface area contributed by atoms with Crippen LogP contribution in [-0.2, 0) is 70.4 Å². The summed E-state index contributed by atoms with van der Waals surface area (Å²) in [6, 6.07) is 77.9. The topological polar surface area (TPSA) is 140 Å². The number of hydrogen-bond donors (Lipinski definition) is 3. The van der Waals surface area contributed by atoms with E-state index < -0.39 is 77.3 Å². The van der Waals surface area contributed by atoms with E-state index >= 15 is 0 Å². The van der Waals surface area contributed by atoms with Crippen molar-refractivity contribution in [3.63, 3.8) is 0 Å². The molecule has 23 heteroatoms. The van der Waals surface area contributed by atoms with E-state index in [9.17, 15) is 41.7 Å². The molecule has 0 spiro atoms. The molecule has 0 aliphatic heterocycles. The molecule has 3 N–H and O–H groups in total. The first-order valence-corrected chi connectivity index (χ1v) is 49.2. The Morgan fingerprint density at radius 2 is 0.647 bits per heavy atom. The standard InChI is InChI=1S/C18H13BrO.C12H17N.C10H12.2C9H9F3O.2C6H3Cl2N.2C6H8N.2C5H10.C4H4N.3W/c19-15-11-16(13-7-3-1-4-8-13)18(20)17(12-15)14-9-5-2-6-10-14;1-8(2)10-6-5-7-11(9(3)4)12(10)13;1-10(2,3)9-7-5-4-6-8-9;2*1-8(13,9(10,11)12)7-5-3-2-4-6-7;2*7-4-2-1-3-5(8)6(4)9;2*1-5-3-4-6(2)7-5;2*1-5(2,3)4;1-2-4-5-3-1;;;/h1-12,20H;5-9H,1-4H3;1,4-8H,2-3H3;2*2-6,13H,1H3;2*1-3H;2*3-4H,1-2H3;2*1H,2-4H3;1-4H;;;/q;;;;;;;2*-1;;;-1;;;. The molecule has 0 amide bonds. The number of benzene rings is 9. The van der Waals surface area contributed by atoms with Gasteiger partial charge >= 0.3 is 386 Å². The number of nitrogens with zero attached hydrogens (tertiary/aromatic N) is 6. The van der Waals surface area contributed by atoms with E-state index in [0.717, 1.165) is 74.7 Å². The molecular formula is C96H106BrCl4F6N6O3W3-3. The van der Waals surface area contributed by atoms with E-state index in [0.29, 0.717) is 37.7 Å². The van der Waals surface area contributed by atoms with Gasteiger partial charge in [0.25, 0.3) is 0 Å². The Bertz CT molecular complexity index is 4850. The molecular weight excluding hydrogens is 2170 g/mol. The van der Waals surface area contributed by atoms with Gasteiger partial charge in [0, 0.05) is 15.6 Å². The molecule has 0 aliphatic rings. The molecule has 2 atom stereocenters. The van der Waals surface area contributed by atoms with Crippen LogP contribution in [0.2, 0.25) is 20.1 Å². The van der Waals surface area contributed by atoms with Crippen LogP contribution in [0.3, 0.4) is 0 Å². The molecule has 0 fully saturated rings. The van der Waals surface area contributed by atoms with Gasteiger partial charge in [-0.3, -0.25) is 0 Å². The smallest absolute Gasteiger partial charge is 0.421 e. The molecule has 0 radical (unpaired) electrons. The summed E-state index contributed by atoms with van der Waals surface area (Å²) in [6.45, 7) is 36.2. The summed E-state index contributed by atoms with van der Waals surface area (Å²) < 4.78 is 95.9. The second-order valence-corrected chi connectivity index (χ2v) is 40.1. The molecule has 636 valence electrons. The van der Waals surface area contributed by atoms with E-state index in [1.54, 1.807) is 24.5 Å². The minimum Gasteiger partial charge on any atom is -0.670 e. The first-order chi connectivity index (χ1) is 55.7. The van der Waals surface area contributed by atoms with Crippen molar-refractivity contribution in [1.29, 1.82) is 0 Å². The maximum Gasteiger partial charge on any atom is 0.421 e. The van der Waals surface area contributed by atoms with Crippen LogP contribution in [0.25, 0.3) is 22.3 Å². The average molecular weight is 2280 g/mol. The fraction of sp³-hybridized carbons (Fsp3) is 0.281. The monoisotopic (exact) mass is 2280 g/mol. The van der Waals surface area contributed by atoms with Crippen molar-refractivity contribution < 1.29 is 95.4 Å². The SMILES string of the molecule is CC(C)(C)[CH]=[W]=[N]c1c(Cl)cccc1Cl.CC(C)(C)[CH]=[W]=[N]c1c(Cl)cccc1Cl.CC(C)c1cccc(C(C)C)c1[N]=[W]=[CH]C(C)(C)c1ccccc1.CC(O)(c1ccccc1)C(F)(F)F.CC(O)(c1ccccc1)C(F)(F)F.Cc1ccc(C)[n-]1.Cc1ccc(C)[n-]1.Oc1c(-c2ccccc2)cc(Br)cc1-c1ccccc1.c1cc[n-]c1. The van der Waals surface area contributed by atoms with Crippen molar-refractivity contribution in [3.8, 4) is 28.0 Å². The largest absolute Gasteiger partial charge is 0.670 e. The summed E-state index contributed by atoms with van der Waals surface area (Å²) in [5, 5.41) is 31.6. The number of aryl methyl sites for hydroxylation is 4. The number of alkyl halides is 6. The average Bonchev–Trinajstić information content (AvgIpc) is 1.21. The molecule has 12 aromatic rings. The molecule has 0 aliphatic carbocycles. The first-order valence-electron chi connectivity index (χ1n) is 37.9. The zero-order chi connectivity index (χ0) is 89.0. The molecule has 9 aromatic carbocycles. The van der Waals surface area contributed by atoms with Crippen LogP contribution in [-0.4, -0.2) is 40.9 Å². The van der Waals surface area contributed by atoms with Crippen LogP contribution in [0.5, 0.6) is 5.75 Å². The second kappa shape index (κ2) is 50.4. The van der Waals surface area contributed by atoms with Crippen LogP contribution < -0.4 is 15.0 Å². The summed E-state index contributed by atoms with van der Waals surface area (Å²) in [5.74, 6) is 1.34. The van der Waals surface area contributed by atoms with Crippen molar-refractivity contribution in [1.82, 2.24) is 15.0 Å². The van der Waals surface area contributed by atoms with Crippen LogP contribution in [0.15, 0.2) is 282 Å². The predicted molar refractivity (Wildman–Crippen MR) is 479 cm³/mol. The third kappa shape index (κ3) is 37.6. The maximum atomic E-state index is 12.3. The van der Waals surface area contributed by atoms with Gasteiger partial charge in [0.05, 0.1) is 0 Å². The van der Waals surface area contributed by atoms with E-state index in [1.165, 1.54) is 70.9 Å². The van der Waals surface area contributed by atoms with Crippen molar-refractivity contribution in [2.75, 3.05) is 0 Å². The first kappa shape index (κ1) is 104. The summed E-state index contributed by atoms with van der Waals surface area (Å²) in [7, 11) is 0. The van der Waals surface area contributed by atoms with E-state index in [2.05, 4.69) is 183 Å². The number of phenols is 1. The number of phenolic OH excluding ortho intramolecular Hbond substituents is 1. The van der Waals surface area contributed by atoms with Crippen LogP contribution in [0.4, 0.5) is 43.4 Å². The van der Waals surface area contributed by atoms with Gasteiger partial charge < -0.3 is 30.3 Å². The van der Waals surface area contributed by atoms with E-state index in [1.807, 2.05) is 173 Å². The molecule has 0 saturated heterocycles. The molecule has 0 saturated carbocycles. The zero-order valence-corrected chi connectivity index (χ0v) is 83.6. The Morgan fingerprint density at radius 3 is 0.908 bits per heavy atom. The third-order valence-electron chi connectivity index (χ3n) is 16.6. The van der Waals surface area contributed by atoms with Crippen molar-refractivity contribution >= 4 is 92.6 Å². The molecule has 3 aromatic heterocycles. The zero-order valence-electron chi connectivity index (χ0n) is 70.2. The van der Waals surface area contributed by atoms with Crippen LogP contribution >= 0.6 is 62.3 Å². The molecule has 0 bridgehead atoms. The molecule has 12 rings (SSSR count). The Morgan fingerprint density at radius 1 is 0.370 bits per heavy atom. The Kier molecular flexibility index (Phi) is 44.1. The number of aliphatic hydroxyl groups is 2. The van der Waals surface area contributed by atoms with Crippen molar-refractivity contribution in [2.45, 2.75) is 165 Å². The van der Waals surface area contributed by atoms with Gasteiger partial charge in [-0.15, -0.1) is 0 Å². The summed E-state index contributed by atoms with van der Waals surface area (Å²) >= 11 is 25.0. The third-order valence-corrected chi connectivity index (χ3v) is 29.8. The van der Waals surface area contributed by atoms with Crippen LogP contribution in [0.1, 0.15) is 159 Å². The minimum atomic E-state index is -4.64. The second-order valence-electron chi connectivity index (χ2n) is 30.7. The fourth-order valence-electron chi connectivity index (χ4n) is 9.95. The van der Waals surface area contributed by atoms with Crippen molar-refractivity contribution in [2.24, 2.45) is 21.3 Å². The molecule has 9 nitrogen and oxygen atoms in total. The number of aromatic nitrogens is 3. The summed E-state index contributed by atoms with van der Waals surface area (Å²) in [6.07, 6.45) is -5.79. The van der Waals surface area contributed by atoms with E-state index in [4.69, 9.17) is 49.9 Å². The van der Waals surface area contributed by atoms with Gasteiger partial charge in [0.15, 0.2) is 11.2 Å². The van der Waals surface area contributed by atoms with Gasteiger partial charge in [0.2, 0.25) is 0 Å². The normalized spacial score (nSPS) is 12.0. The summed E-state index contributed by atoms with van der Waals surface area (Å²) in [5.41, 5.74) is 9.79. The minimum absolute atomic E-state index is 0.0974. The maximum absolute atomic E-state index is 12.3. The fourth-order valence-corrected chi connectivity index (χ4v) is 19.8. The molecule has 119 heavy (non-hydrogen) atoms. The molecule has 2 unspecified atom stereocenters.